The highest BCUT2D eigenvalue weighted by Gasteiger charge is 2.32. The van der Waals surface area contributed by atoms with E-state index in [4.69, 9.17) is 0 Å². The van der Waals surface area contributed by atoms with Crippen molar-refractivity contribution >= 4 is 5.69 Å². The Kier molecular flexibility index (Phi) is 3.67. The molecule has 100 valence electrons. The number of nitrogens with zero attached hydrogens (tertiary/aromatic N) is 1. The lowest BCUT2D eigenvalue weighted by molar-refractivity contribution is 0.426. The molecule has 2 rings (SSSR count). The predicted molar refractivity (Wildman–Crippen MR) is 79.4 cm³/mol. The van der Waals surface area contributed by atoms with Gasteiger partial charge in [-0.05, 0) is 70.8 Å². The lowest BCUT2D eigenvalue weighted by Crippen LogP contribution is -2.49. The number of hydrogen-bond acceptors (Lipinski definition) is 2. The van der Waals surface area contributed by atoms with Gasteiger partial charge in [-0.15, -0.1) is 0 Å². The van der Waals surface area contributed by atoms with Crippen LogP contribution in [0.25, 0.3) is 0 Å². The van der Waals surface area contributed by atoms with Crippen LogP contribution in [0.1, 0.15) is 38.3 Å². The van der Waals surface area contributed by atoms with Crippen molar-refractivity contribution in [3.8, 4) is 0 Å². The smallest absolute Gasteiger partial charge is 0.0391 e. The minimum atomic E-state index is 0.213. The summed E-state index contributed by atoms with van der Waals surface area (Å²) < 4.78 is 0. The van der Waals surface area contributed by atoms with Crippen molar-refractivity contribution in [1.82, 2.24) is 5.32 Å². The zero-order valence-corrected chi connectivity index (χ0v) is 12.4. The summed E-state index contributed by atoms with van der Waals surface area (Å²) in [6, 6.07) is 7.38. The topological polar surface area (TPSA) is 15.3 Å². The third kappa shape index (κ3) is 2.54. The van der Waals surface area contributed by atoms with Gasteiger partial charge in [0.05, 0.1) is 0 Å². The summed E-state index contributed by atoms with van der Waals surface area (Å²) in [5.74, 6) is 0. The minimum absolute atomic E-state index is 0.213. The number of anilines is 1. The lowest BCUT2D eigenvalue weighted by atomic mass is 9.95. The molecule has 0 aliphatic carbocycles. The molecule has 1 unspecified atom stereocenters. The van der Waals surface area contributed by atoms with Gasteiger partial charge in [-0.1, -0.05) is 6.07 Å². The van der Waals surface area contributed by atoms with Crippen molar-refractivity contribution in [2.45, 2.75) is 52.6 Å². The van der Waals surface area contributed by atoms with Crippen molar-refractivity contribution in [2.24, 2.45) is 0 Å². The van der Waals surface area contributed by atoms with Crippen LogP contribution in [-0.4, -0.2) is 24.7 Å². The van der Waals surface area contributed by atoms with Gasteiger partial charge >= 0.3 is 0 Å². The molecule has 1 aliphatic rings. The predicted octanol–water partition coefficient (Wildman–Crippen LogP) is 3.27. The van der Waals surface area contributed by atoms with E-state index >= 15 is 0 Å². The van der Waals surface area contributed by atoms with Crippen LogP contribution in [-0.2, 0) is 0 Å². The average molecular weight is 246 g/mol. The Morgan fingerprint density at radius 3 is 2.61 bits per heavy atom. The van der Waals surface area contributed by atoms with Crippen LogP contribution >= 0.6 is 0 Å². The fraction of sp³-hybridized carbons (Fsp3) is 0.625. The second-order valence-corrected chi connectivity index (χ2v) is 6.25. The standard InChI is InChI=1S/C16H26N2/c1-12-6-7-15(10-13(12)2)18-14(3)11-17-9-8-16(18,4)5/h6-7,10,14,17H,8-9,11H2,1-5H3. The van der Waals surface area contributed by atoms with Crippen molar-refractivity contribution in [1.29, 1.82) is 0 Å². The molecule has 0 saturated carbocycles. The zero-order chi connectivity index (χ0) is 13.3. The van der Waals surface area contributed by atoms with E-state index in [1.54, 1.807) is 0 Å². The highest BCUT2D eigenvalue weighted by Crippen LogP contribution is 2.31. The van der Waals surface area contributed by atoms with Crippen molar-refractivity contribution < 1.29 is 0 Å². The molecular weight excluding hydrogens is 220 g/mol. The number of aryl methyl sites for hydroxylation is 2. The quantitative estimate of drug-likeness (QED) is 0.818. The first-order chi connectivity index (χ1) is 8.42. The Balaban J connectivity index is 2.40. The molecule has 1 N–H and O–H groups in total. The molecule has 1 aliphatic heterocycles. The summed E-state index contributed by atoms with van der Waals surface area (Å²) in [4.78, 5) is 2.58. The van der Waals surface area contributed by atoms with Crippen LogP contribution in [0.3, 0.4) is 0 Å². The molecule has 2 heteroatoms. The second-order valence-electron chi connectivity index (χ2n) is 6.25. The average Bonchev–Trinajstić information content (AvgIpc) is 2.41. The van der Waals surface area contributed by atoms with Crippen molar-refractivity contribution in [2.75, 3.05) is 18.0 Å². The Morgan fingerprint density at radius 1 is 1.22 bits per heavy atom. The molecule has 0 aromatic heterocycles. The van der Waals surface area contributed by atoms with E-state index < -0.39 is 0 Å². The molecule has 1 heterocycles. The van der Waals surface area contributed by atoms with E-state index in [1.165, 1.54) is 23.2 Å². The molecule has 0 amide bonds. The molecule has 18 heavy (non-hydrogen) atoms. The molecule has 1 saturated heterocycles. The Bertz CT molecular complexity index is 423. The molecular formula is C16H26N2. The van der Waals surface area contributed by atoms with Gasteiger partial charge in [-0.25, -0.2) is 0 Å². The molecule has 0 bridgehead atoms. The van der Waals surface area contributed by atoms with E-state index in [-0.39, 0.29) is 5.54 Å². The number of hydrogen-bond donors (Lipinski definition) is 1. The Morgan fingerprint density at radius 2 is 1.94 bits per heavy atom. The van der Waals surface area contributed by atoms with Gasteiger partial charge in [0.15, 0.2) is 0 Å². The Hall–Kier alpha value is -1.02. The third-order valence-corrected chi connectivity index (χ3v) is 4.21. The molecule has 1 atom stereocenters. The maximum absolute atomic E-state index is 3.54. The first kappa shape index (κ1) is 13.4. The van der Waals surface area contributed by atoms with Crippen LogP contribution in [0.5, 0.6) is 0 Å². The highest BCUT2D eigenvalue weighted by atomic mass is 15.2. The van der Waals surface area contributed by atoms with Gasteiger partial charge in [0, 0.05) is 23.8 Å². The first-order valence-electron chi connectivity index (χ1n) is 6.99. The largest absolute Gasteiger partial charge is 0.362 e. The van der Waals surface area contributed by atoms with Gasteiger partial charge < -0.3 is 10.2 Å². The summed E-state index contributed by atoms with van der Waals surface area (Å²) in [7, 11) is 0. The summed E-state index contributed by atoms with van der Waals surface area (Å²) in [5.41, 5.74) is 4.33. The maximum Gasteiger partial charge on any atom is 0.0391 e. The minimum Gasteiger partial charge on any atom is -0.362 e. The SMILES string of the molecule is Cc1ccc(N2C(C)CNCCC2(C)C)cc1C. The second kappa shape index (κ2) is 4.93. The van der Waals surface area contributed by atoms with E-state index in [9.17, 15) is 0 Å². The van der Waals surface area contributed by atoms with Crippen molar-refractivity contribution in [3.63, 3.8) is 0 Å². The third-order valence-electron chi connectivity index (χ3n) is 4.21. The van der Waals surface area contributed by atoms with E-state index in [0.717, 1.165) is 13.1 Å². The zero-order valence-electron chi connectivity index (χ0n) is 12.4. The van der Waals surface area contributed by atoms with Crippen LogP contribution in [0.15, 0.2) is 18.2 Å². The van der Waals surface area contributed by atoms with Crippen molar-refractivity contribution in [3.05, 3.63) is 29.3 Å². The summed E-state index contributed by atoms with van der Waals surface area (Å²) in [6.07, 6.45) is 1.18. The molecule has 1 aromatic carbocycles. The highest BCUT2D eigenvalue weighted by molar-refractivity contribution is 5.53. The van der Waals surface area contributed by atoms with Gasteiger partial charge in [0.1, 0.15) is 0 Å². The monoisotopic (exact) mass is 246 g/mol. The fourth-order valence-corrected chi connectivity index (χ4v) is 2.99. The number of nitrogens with one attached hydrogen (secondary N) is 1. The normalized spacial score (nSPS) is 23.8. The first-order valence-corrected chi connectivity index (χ1v) is 6.99. The van der Waals surface area contributed by atoms with Crippen LogP contribution < -0.4 is 10.2 Å². The fourth-order valence-electron chi connectivity index (χ4n) is 2.99. The molecule has 0 radical (unpaired) electrons. The van der Waals surface area contributed by atoms with Gasteiger partial charge in [0.25, 0.3) is 0 Å². The molecule has 1 fully saturated rings. The van der Waals surface area contributed by atoms with E-state index in [2.05, 4.69) is 63.0 Å². The number of benzene rings is 1. The molecule has 2 nitrogen and oxygen atoms in total. The lowest BCUT2D eigenvalue weighted by Gasteiger charge is -2.43. The maximum atomic E-state index is 3.54. The van der Waals surface area contributed by atoms with Crippen LogP contribution in [0.2, 0.25) is 0 Å². The molecule has 0 spiro atoms. The van der Waals surface area contributed by atoms with Crippen LogP contribution in [0.4, 0.5) is 5.69 Å². The Labute approximate surface area is 111 Å². The van der Waals surface area contributed by atoms with E-state index in [1.807, 2.05) is 0 Å². The van der Waals surface area contributed by atoms with Gasteiger partial charge in [-0.2, -0.15) is 0 Å². The van der Waals surface area contributed by atoms with Gasteiger partial charge in [-0.3, -0.25) is 0 Å². The number of rotatable bonds is 1. The summed E-state index contributed by atoms with van der Waals surface area (Å²) >= 11 is 0. The van der Waals surface area contributed by atoms with E-state index in [0.29, 0.717) is 6.04 Å². The molecule has 1 aromatic rings. The summed E-state index contributed by atoms with van der Waals surface area (Å²) in [6.45, 7) is 13.6. The van der Waals surface area contributed by atoms with Crippen LogP contribution in [0, 0.1) is 13.8 Å². The van der Waals surface area contributed by atoms with Gasteiger partial charge in [0.2, 0.25) is 0 Å². The summed E-state index contributed by atoms with van der Waals surface area (Å²) in [5, 5.41) is 3.54.